The summed E-state index contributed by atoms with van der Waals surface area (Å²) < 4.78 is 11.2. The van der Waals surface area contributed by atoms with Crippen molar-refractivity contribution in [2.75, 3.05) is 20.3 Å². The summed E-state index contributed by atoms with van der Waals surface area (Å²) in [5.41, 5.74) is 4.73. The van der Waals surface area contributed by atoms with Crippen molar-refractivity contribution >= 4 is 16.8 Å². The Balaban J connectivity index is 1.33. The van der Waals surface area contributed by atoms with Gasteiger partial charge in [-0.15, -0.1) is 0 Å². The van der Waals surface area contributed by atoms with Gasteiger partial charge in [-0.2, -0.15) is 0 Å². The van der Waals surface area contributed by atoms with Crippen LogP contribution in [0.25, 0.3) is 22.3 Å². The van der Waals surface area contributed by atoms with Crippen LogP contribution in [0.2, 0.25) is 0 Å². The second kappa shape index (κ2) is 9.68. The van der Waals surface area contributed by atoms with E-state index in [9.17, 15) is 4.79 Å². The molecule has 8 heteroatoms. The lowest BCUT2D eigenvalue weighted by molar-refractivity contribution is 0.0930. The van der Waals surface area contributed by atoms with Crippen molar-refractivity contribution in [3.05, 3.63) is 77.2 Å². The second-order valence-electron chi connectivity index (χ2n) is 10.3. The molecule has 4 aromatic rings. The molecule has 0 spiro atoms. The topological polar surface area (TPSA) is 98.3 Å². The van der Waals surface area contributed by atoms with Crippen LogP contribution >= 0.6 is 0 Å². The molecule has 2 fully saturated rings. The number of hydrogen-bond donors (Lipinski definition) is 2. The molecule has 2 aromatic carbocycles. The summed E-state index contributed by atoms with van der Waals surface area (Å²) >= 11 is 0. The number of fused-ring (bicyclic) bond motifs is 1. The molecule has 0 unspecified atom stereocenters. The molecule has 6 rings (SSSR count). The zero-order valence-corrected chi connectivity index (χ0v) is 21.9. The Morgan fingerprint density at radius 1 is 1.08 bits per heavy atom. The molecule has 38 heavy (non-hydrogen) atoms. The predicted octanol–water partition coefficient (Wildman–Crippen LogP) is 4.48. The average Bonchev–Trinajstić information content (AvgIpc) is 3.68. The van der Waals surface area contributed by atoms with Crippen molar-refractivity contribution in [3.8, 4) is 22.9 Å². The number of hydrogen-bond acceptors (Lipinski definition) is 7. The number of methoxy groups -OCH3 is 1. The minimum atomic E-state index is -0.478. The van der Waals surface area contributed by atoms with Crippen LogP contribution in [-0.4, -0.2) is 47.2 Å². The van der Waals surface area contributed by atoms with Gasteiger partial charge in [-0.05, 0) is 81.1 Å². The van der Waals surface area contributed by atoms with Crippen LogP contribution < -0.4 is 20.1 Å². The average molecular weight is 510 g/mol. The minimum absolute atomic E-state index is 0.105. The Kier molecular flexibility index (Phi) is 6.19. The highest BCUT2D eigenvalue weighted by Crippen LogP contribution is 2.49. The van der Waals surface area contributed by atoms with Crippen molar-refractivity contribution in [2.45, 2.75) is 44.7 Å². The first kappa shape index (κ1) is 24.3. The maximum absolute atomic E-state index is 13.6. The molecule has 8 nitrogen and oxygen atoms in total. The third kappa shape index (κ3) is 4.67. The van der Waals surface area contributed by atoms with E-state index < -0.39 is 5.54 Å². The van der Waals surface area contributed by atoms with E-state index in [1.807, 2.05) is 44.2 Å². The summed E-state index contributed by atoms with van der Waals surface area (Å²) in [4.78, 5) is 27.4. The van der Waals surface area contributed by atoms with Gasteiger partial charge in [-0.3, -0.25) is 9.78 Å². The highest BCUT2D eigenvalue weighted by atomic mass is 16.5. The van der Waals surface area contributed by atoms with E-state index in [4.69, 9.17) is 14.5 Å². The molecule has 1 saturated carbocycles. The summed E-state index contributed by atoms with van der Waals surface area (Å²) in [7, 11) is 1.59. The lowest BCUT2D eigenvalue weighted by atomic mass is 9.95. The number of benzene rings is 2. The van der Waals surface area contributed by atoms with Crippen molar-refractivity contribution in [2.24, 2.45) is 0 Å². The molecule has 1 amide bonds. The van der Waals surface area contributed by atoms with Gasteiger partial charge >= 0.3 is 0 Å². The first-order chi connectivity index (χ1) is 18.4. The van der Waals surface area contributed by atoms with E-state index in [2.05, 4.69) is 32.7 Å². The lowest BCUT2D eigenvalue weighted by Crippen LogP contribution is -2.46. The van der Waals surface area contributed by atoms with Crippen LogP contribution in [0.15, 0.2) is 54.9 Å². The smallest absolute Gasteiger partial charge is 0.252 e. The Hall–Kier alpha value is -4.04. The molecule has 3 heterocycles. The number of nitrogens with zero attached hydrogens (tertiary/aromatic N) is 3. The summed E-state index contributed by atoms with van der Waals surface area (Å²) in [5.74, 6) is 1.79. The Morgan fingerprint density at radius 2 is 1.87 bits per heavy atom. The number of aryl methyl sites for hydroxylation is 2. The number of amides is 1. The summed E-state index contributed by atoms with van der Waals surface area (Å²) in [6.45, 7) is 5.57. The molecular weight excluding hydrogens is 478 g/mol. The van der Waals surface area contributed by atoms with Crippen LogP contribution in [0.5, 0.6) is 11.5 Å². The monoisotopic (exact) mass is 509 g/mol. The number of nitrogens with one attached hydrogen (secondary N) is 2. The Morgan fingerprint density at radius 3 is 2.55 bits per heavy atom. The van der Waals surface area contributed by atoms with Gasteiger partial charge in [-0.25, -0.2) is 9.97 Å². The first-order valence-corrected chi connectivity index (χ1v) is 13.0. The summed E-state index contributed by atoms with van der Waals surface area (Å²) in [5, 5.41) is 7.72. The van der Waals surface area contributed by atoms with Gasteiger partial charge in [0.25, 0.3) is 5.91 Å². The number of ether oxygens (including phenoxy) is 2. The SMILES string of the molecule is COc1cnc(-c2cc(C3(NC(=O)c4cc(OC[C@@H]5CCN5)ccc4C)CC3)c3ccc(C)nc3c2)nc1. The zero-order valence-electron chi connectivity index (χ0n) is 21.9. The fourth-order valence-corrected chi connectivity index (χ4v) is 4.93. The second-order valence-corrected chi connectivity index (χ2v) is 10.3. The maximum Gasteiger partial charge on any atom is 0.252 e. The van der Waals surface area contributed by atoms with Crippen LogP contribution in [0.3, 0.4) is 0 Å². The van der Waals surface area contributed by atoms with Gasteiger partial charge in [0.15, 0.2) is 11.6 Å². The van der Waals surface area contributed by atoms with E-state index in [1.54, 1.807) is 19.5 Å². The van der Waals surface area contributed by atoms with Crippen molar-refractivity contribution in [3.63, 3.8) is 0 Å². The molecule has 2 aromatic heterocycles. The summed E-state index contributed by atoms with van der Waals surface area (Å²) in [6.07, 6.45) is 6.12. The highest BCUT2D eigenvalue weighted by molar-refractivity contribution is 5.98. The molecule has 194 valence electrons. The van der Waals surface area contributed by atoms with Gasteiger partial charge in [-0.1, -0.05) is 12.1 Å². The minimum Gasteiger partial charge on any atom is -0.494 e. The molecule has 1 atom stereocenters. The van der Waals surface area contributed by atoms with Gasteiger partial charge < -0.3 is 20.1 Å². The lowest BCUT2D eigenvalue weighted by Gasteiger charge is -2.27. The maximum atomic E-state index is 13.6. The molecule has 0 bridgehead atoms. The van der Waals surface area contributed by atoms with Crippen molar-refractivity contribution < 1.29 is 14.3 Å². The first-order valence-electron chi connectivity index (χ1n) is 13.0. The van der Waals surface area contributed by atoms with E-state index >= 15 is 0 Å². The molecule has 2 N–H and O–H groups in total. The van der Waals surface area contributed by atoms with Gasteiger partial charge in [0.1, 0.15) is 12.4 Å². The van der Waals surface area contributed by atoms with Crippen LogP contribution in [0.4, 0.5) is 0 Å². The van der Waals surface area contributed by atoms with E-state index in [-0.39, 0.29) is 5.91 Å². The van der Waals surface area contributed by atoms with Gasteiger partial charge in [0.05, 0.1) is 30.6 Å². The number of carbonyl (C=O) groups excluding carboxylic acids is 1. The number of rotatable bonds is 8. The normalized spacial score (nSPS) is 17.5. The van der Waals surface area contributed by atoms with Gasteiger partial charge in [0, 0.05) is 28.2 Å². The van der Waals surface area contributed by atoms with E-state index in [0.29, 0.717) is 35.5 Å². The molecular formula is C30H31N5O3. The number of aromatic nitrogens is 3. The standard InChI is InChI=1S/C30H31N5O3/c1-18-4-6-22(38-17-21-8-11-31-21)14-25(18)29(36)35-30(9-10-30)26-12-20(28-32-15-23(37-3)16-33-28)13-27-24(26)7-5-19(2)34-27/h4-7,12-16,21,31H,8-11,17H2,1-3H3,(H,35,36)/t21-/m0/s1. The molecule has 2 aliphatic rings. The van der Waals surface area contributed by atoms with Crippen molar-refractivity contribution in [1.82, 2.24) is 25.6 Å². The van der Waals surface area contributed by atoms with E-state index in [0.717, 1.165) is 59.1 Å². The van der Waals surface area contributed by atoms with E-state index in [1.165, 1.54) is 0 Å². The molecule has 0 radical (unpaired) electrons. The van der Waals surface area contributed by atoms with Crippen LogP contribution in [0, 0.1) is 13.8 Å². The molecule has 1 aliphatic carbocycles. The largest absolute Gasteiger partial charge is 0.494 e. The predicted molar refractivity (Wildman–Crippen MR) is 146 cm³/mol. The molecule has 1 saturated heterocycles. The zero-order chi connectivity index (χ0) is 26.3. The van der Waals surface area contributed by atoms with Crippen LogP contribution in [-0.2, 0) is 5.54 Å². The van der Waals surface area contributed by atoms with Crippen LogP contribution in [0.1, 0.15) is 46.4 Å². The van der Waals surface area contributed by atoms with Crippen molar-refractivity contribution in [1.29, 1.82) is 0 Å². The number of pyridine rings is 1. The third-order valence-electron chi connectivity index (χ3n) is 7.52. The quantitative estimate of drug-likeness (QED) is 0.361. The Labute approximate surface area is 221 Å². The summed E-state index contributed by atoms with van der Waals surface area (Å²) in [6, 6.07) is 14.3. The van der Waals surface area contributed by atoms with Gasteiger partial charge in [0.2, 0.25) is 0 Å². The molecule has 1 aliphatic heterocycles. The Bertz CT molecular complexity index is 1510. The fourth-order valence-electron chi connectivity index (χ4n) is 4.93. The third-order valence-corrected chi connectivity index (χ3v) is 7.52. The highest BCUT2D eigenvalue weighted by Gasteiger charge is 2.47. The fraction of sp³-hybridized carbons (Fsp3) is 0.333. The number of carbonyl (C=O) groups is 1.